The van der Waals surface area contributed by atoms with E-state index in [0.29, 0.717) is 16.3 Å². The lowest BCUT2D eigenvalue weighted by Gasteiger charge is -2.13. The Balaban J connectivity index is 2.31. The van der Waals surface area contributed by atoms with E-state index in [1.165, 1.54) is 11.9 Å². The summed E-state index contributed by atoms with van der Waals surface area (Å²) in [7, 11) is 0. The fourth-order valence-corrected chi connectivity index (χ4v) is 3.02. The van der Waals surface area contributed by atoms with Crippen LogP contribution in [0.1, 0.15) is 22.5 Å². The molecule has 1 aromatic heterocycles. The lowest BCUT2D eigenvalue weighted by atomic mass is 10.1. The molecule has 122 valence electrons. The van der Waals surface area contributed by atoms with Gasteiger partial charge in [0.15, 0.2) is 11.6 Å². The van der Waals surface area contributed by atoms with Crippen molar-refractivity contribution in [2.24, 2.45) is 0 Å². The summed E-state index contributed by atoms with van der Waals surface area (Å²) >= 11 is 0. The van der Waals surface area contributed by atoms with Gasteiger partial charge in [0, 0.05) is 10.4 Å². The van der Waals surface area contributed by atoms with Crippen molar-refractivity contribution in [1.82, 2.24) is 14.8 Å². The summed E-state index contributed by atoms with van der Waals surface area (Å²) in [5, 5.41) is 25.4. The number of nitrogens with zero attached hydrogens (tertiary/aromatic N) is 3. The van der Waals surface area contributed by atoms with E-state index in [1.807, 2.05) is 20.8 Å². The van der Waals surface area contributed by atoms with Crippen molar-refractivity contribution < 1.29 is 10.2 Å². The van der Waals surface area contributed by atoms with Crippen molar-refractivity contribution in [2.75, 3.05) is 0 Å². The van der Waals surface area contributed by atoms with E-state index >= 15 is 0 Å². The van der Waals surface area contributed by atoms with E-state index in [-0.39, 0.29) is 5.76 Å². The highest BCUT2D eigenvalue weighted by Gasteiger charge is 2.15. The largest absolute Gasteiger partial charge is 0.515 e. The van der Waals surface area contributed by atoms with E-state index < -0.39 is 0 Å². The number of aryl methyl sites for hydroxylation is 3. The second kappa shape index (κ2) is 6.20. The third kappa shape index (κ3) is 2.65. The quantitative estimate of drug-likeness (QED) is 0.759. The average molecular weight is 321 g/mol. The minimum Gasteiger partial charge on any atom is -0.515 e. The first-order valence-electron chi connectivity index (χ1n) is 7.64. The van der Waals surface area contributed by atoms with Crippen molar-refractivity contribution >= 4 is 12.0 Å². The van der Waals surface area contributed by atoms with Gasteiger partial charge in [-0.15, -0.1) is 0 Å². The number of hydrogen-bond acceptors (Lipinski definition) is 4. The summed E-state index contributed by atoms with van der Waals surface area (Å²) in [5.41, 5.74) is 4.16. The second-order valence-electron chi connectivity index (χ2n) is 5.81. The Morgan fingerprint density at radius 1 is 1.08 bits per heavy atom. The van der Waals surface area contributed by atoms with E-state index in [9.17, 15) is 10.2 Å². The van der Waals surface area contributed by atoms with Gasteiger partial charge >= 0.3 is 0 Å². The Kier molecular flexibility index (Phi) is 4.08. The third-order valence-electron chi connectivity index (χ3n) is 3.96. The van der Waals surface area contributed by atoms with Gasteiger partial charge in [-0.2, -0.15) is 5.10 Å². The summed E-state index contributed by atoms with van der Waals surface area (Å²) in [6.45, 7) is 6.06. The number of benzene rings is 2. The number of aliphatic hydroxyl groups excluding tert-OH is 2. The molecule has 1 heterocycles. The Morgan fingerprint density at radius 3 is 2.42 bits per heavy atom. The molecule has 0 radical (unpaired) electrons. The van der Waals surface area contributed by atoms with E-state index in [1.54, 1.807) is 28.9 Å². The van der Waals surface area contributed by atoms with Gasteiger partial charge in [0.05, 0.1) is 11.9 Å². The van der Waals surface area contributed by atoms with Gasteiger partial charge in [-0.1, -0.05) is 42.0 Å². The zero-order valence-electron chi connectivity index (χ0n) is 13.9. The highest BCUT2D eigenvalue weighted by atomic mass is 16.3. The monoisotopic (exact) mass is 321 g/mol. The zero-order valence-corrected chi connectivity index (χ0v) is 13.9. The second-order valence-corrected chi connectivity index (χ2v) is 5.81. The molecule has 0 aliphatic heterocycles. The lowest BCUT2D eigenvalue weighted by molar-refractivity contribution is 0.495. The summed E-state index contributed by atoms with van der Waals surface area (Å²) in [5.74, 6) is 0.298. The smallest absolute Gasteiger partial charge is 0.198 e. The maximum absolute atomic E-state index is 10.7. The molecule has 0 fully saturated rings. The minimum absolute atomic E-state index is 0.0345. The maximum Gasteiger partial charge on any atom is 0.198 e. The topological polar surface area (TPSA) is 71.2 Å². The molecule has 0 spiro atoms. The summed E-state index contributed by atoms with van der Waals surface area (Å²) < 4.78 is 1.63. The third-order valence-corrected chi connectivity index (χ3v) is 3.96. The first kappa shape index (κ1) is 15.8. The molecule has 0 saturated heterocycles. The normalized spacial score (nSPS) is 13.2. The highest BCUT2D eigenvalue weighted by Crippen LogP contribution is 2.22. The Bertz CT molecular complexity index is 996. The van der Waals surface area contributed by atoms with Crippen LogP contribution in [0, 0.1) is 20.8 Å². The maximum atomic E-state index is 10.7. The molecule has 0 bridgehead atoms. The molecule has 2 N–H and O–H groups in total. The average Bonchev–Trinajstić information content (AvgIpc) is 3.02. The fraction of sp³-hybridized carbons (Fsp3) is 0.158. The molecule has 0 aliphatic carbocycles. The molecular weight excluding hydrogens is 302 g/mol. The highest BCUT2D eigenvalue weighted by molar-refractivity contribution is 5.57. The Hall–Kier alpha value is -3.08. The number of hydrogen-bond donors (Lipinski definition) is 2. The van der Waals surface area contributed by atoms with Crippen molar-refractivity contribution in [2.45, 2.75) is 20.8 Å². The van der Waals surface area contributed by atoms with Crippen LogP contribution in [0.5, 0.6) is 0 Å². The van der Waals surface area contributed by atoms with Gasteiger partial charge < -0.3 is 10.2 Å². The SMILES string of the molecule is Cc1cc(C)c(-n2ncnc2/C(O)=c2\cccc\c2=C/O)c(C)c1. The van der Waals surface area contributed by atoms with Crippen molar-refractivity contribution in [1.29, 1.82) is 0 Å². The van der Waals surface area contributed by atoms with Crippen LogP contribution in [0.25, 0.3) is 17.7 Å². The van der Waals surface area contributed by atoms with Crippen LogP contribution in [-0.2, 0) is 0 Å². The molecule has 0 atom stereocenters. The molecule has 0 aliphatic rings. The molecule has 5 heteroatoms. The van der Waals surface area contributed by atoms with Gasteiger partial charge in [0.25, 0.3) is 0 Å². The van der Waals surface area contributed by atoms with Crippen molar-refractivity contribution in [3.05, 3.63) is 75.7 Å². The van der Waals surface area contributed by atoms with E-state index in [2.05, 4.69) is 22.2 Å². The minimum atomic E-state index is -0.0345. The Labute approximate surface area is 139 Å². The molecule has 3 rings (SSSR count). The zero-order chi connectivity index (χ0) is 17.3. The summed E-state index contributed by atoms with van der Waals surface area (Å²) in [6.07, 6.45) is 2.38. The molecule has 24 heavy (non-hydrogen) atoms. The molecule has 0 saturated carbocycles. The Morgan fingerprint density at radius 2 is 1.75 bits per heavy atom. The van der Waals surface area contributed by atoms with Gasteiger partial charge in [0.1, 0.15) is 6.33 Å². The predicted molar refractivity (Wildman–Crippen MR) is 93.5 cm³/mol. The van der Waals surface area contributed by atoms with Crippen LogP contribution >= 0.6 is 0 Å². The fourth-order valence-electron chi connectivity index (χ4n) is 3.02. The van der Waals surface area contributed by atoms with Crippen LogP contribution in [-0.4, -0.2) is 25.0 Å². The van der Waals surface area contributed by atoms with Gasteiger partial charge in [-0.3, -0.25) is 0 Å². The first-order chi connectivity index (χ1) is 11.5. The predicted octanol–water partition coefficient (Wildman–Crippen LogP) is 2.20. The van der Waals surface area contributed by atoms with Gasteiger partial charge in [-0.25, -0.2) is 9.67 Å². The summed E-state index contributed by atoms with van der Waals surface area (Å²) in [4.78, 5) is 4.22. The van der Waals surface area contributed by atoms with E-state index in [4.69, 9.17) is 0 Å². The van der Waals surface area contributed by atoms with Crippen LogP contribution < -0.4 is 10.4 Å². The van der Waals surface area contributed by atoms with Gasteiger partial charge in [0.2, 0.25) is 0 Å². The molecule has 0 unspecified atom stereocenters. The molecule has 3 aromatic rings. The lowest BCUT2D eigenvalue weighted by Crippen LogP contribution is -2.28. The molecule has 5 nitrogen and oxygen atoms in total. The molecular formula is C19H19N3O2. The van der Waals surface area contributed by atoms with Crippen LogP contribution in [0.2, 0.25) is 0 Å². The molecule has 2 aromatic carbocycles. The first-order valence-corrected chi connectivity index (χ1v) is 7.64. The van der Waals surface area contributed by atoms with Crippen molar-refractivity contribution in [3.8, 4) is 5.69 Å². The van der Waals surface area contributed by atoms with Gasteiger partial charge in [-0.05, 0) is 31.9 Å². The summed E-state index contributed by atoms with van der Waals surface area (Å²) in [6, 6.07) is 11.2. The number of aromatic nitrogens is 3. The number of rotatable bonds is 2. The van der Waals surface area contributed by atoms with E-state index in [0.717, 1.165) is 23.1 Å². The van der Waals surface area contributed by atoms with Crippen molar-refractivity contribution in [3.63, 3.8) is 0 Å². The standard InChI is InChI=1S/C19H19N3O2/c1-12-8-13(2)17(14(3)9-12)22-19(20-11-21-22)18(24)16-7-5-4-6-15(16)10-23/h4-11,23-24H,1-3H3/b15-10+,18-16-. The van der Waals surface area contributed by atoms with Crippen LogP contribution in [0.15, 0.2) is 42.7 Å². The number of aliphatic hydroxyl groups is 2. The van der Waals surface area contributed by atoms with Crippen LogP contribution in [0.4, 0.5) is 0 Å². The van der Waals surface area contributed by atoms with Crippen LogP contribution in [0.3, 0.4) is 0 Å². The molecule has 0 amide bonds.